The number of hydrogen-bond donors (Lipinski definition) is 1. The minimum absolute atomic E-state index is 0.0385. The molecular formula is C14H11BrFN3S. The van der Waals surface area contributed by atoms with Crippen LogP contribution in [0.15, 0.2) is 41.1 Å². The number of nitrogens with zero attached hydrogens (tertiary/aromatic N) is 2. The highest BCUT2D eigenvalue weighted by Crippen LogP contribution is 2.28. The number of pyridine rings is 1. The van der Waals surface area contributed by atoms with E-state index in [0.717, 1.165) is 11.1 Å². The van der Waals surface area contributed by atoms with Gasteiger partial charge in [0.05, 0.1) is 21.5 Å². The average molecular weight is 352 g/mol. The third-order valence-electron chi connectivity index (χ3n) is 3.33. The van der Waals surface area contributed by atoms with Crippen LogP contribution in [0.4, 0.5) is 4.39 Å². The summed E-state index contributed by atoms with van der Waals surface area (Å²) < 4.78 is 16.6. The average Bonchev–Trinajstić information content (AvgIpc) is 2.75. The normalized spacial score (nSPS) is 12.8. The lowest BCUT2D eigenvalue weighted by Gasteiger charge is -2.15. The molecule has 0 spiro atoms. The maximum Gasteiger partial charge on any atom is 0.178 e. The van der Waals surface area contributed by atoms with Gasteiger partial charge >= 0.3 is 0 Å². The molecule has 2 heterocycles. The zero-order valence-electron chi connectivity index (χ0n) is 10.6. The second-order valence-electron chi connectivity index (χ2n) is 4.54. The van der Waals surface area contributed by atoms with E-state index in [1.165, 1.54) is 6.07 Å². The summed E-state index contributed by atoms with van der Waals surface area (Å²) in [5.41, 5.74) is 2.65. The van der Waals surface area contributed by atoms with Crippen LogP contribution >= 0.6 is 28.1 Å². The van der Waals surface area contributed by atoms with E-state index in [1.54, 1.807) is 18.5 Å². The van der Waals surface area contributed by atoms with E-state index in [9.17, 15) is 4.39 Å². The molecular weight excluding hydrogens is 341 g/mol. The Morgan fingerprint density at radius 2 is 2.05 bits per heavy atom. The number of benzene rings is 1. The molecule has 0 saturated carbocycles. The van der Waals surface area contributed by atoms with Gasteiger partial charge in [-0.1, -0.05) is 0 Å². The Labute approximate surface area is 128 Å². The second kappa shape index (κ2) is 5.10. The summed E-state index contributed by atoms with van der Waals surface area (Å²) in [4.78, 5) is 7.07. The molecule has 3 rings (SSSR count). The molecule has 0 amide bonds. The van der Waals surface area contributed by atoms with Crippen LogP contribution in [0.5, 0.6) is 0 Å². The molecule has 1 aromatic carbocycles. The van der Waals surface area contributed by atoms with Crippen molar-refractivity contribution in [3.63, 3.8) is 0 Å². The summed E-state index contributed by atoms with van der Waals surface area (Å²) in [6, 6.07) is 7.13. The predicted molar refractivity (Wildman–Crippen MR) is 82.8 cm³/mol. The van der Waals surface area contributed by atoms with Crippen molar-refractivity contribution >= 4 is 39.2 Å². The van der Waals surface area contributed by atoms with Gasteiger partial charge in [-0.15, -0.1) is 0 Å². The lowest BCUT2D eigenvalue weighted by Crippen LogP contribution is -2.06. The van der Waals surface area contributed by atoms with Gasteiger partial charge in [0.2, 0.25) is 0 Å². The third kappa shape index (κ3) is 2.19. The first-order valence-corrected chi connectivity index (χ1v) is 7.27. The van der Waals surface area contributed by atoms with Gasteiger partial charge in [0.1, 0.15) is 5.82 Å². The Bertz CT molecular complexity index is 826. The maximum absolute atomic E-state index is 13.6. The number of H-pyrrole nitrogens is 1. The molecule has 102 valence electrons. The minimum Gasteiger partial charge on any atom is -0.330 e. The minimum atomic E-state index is -0.308. The maximum atomic E-state index is 13.6. The summed E-state index contributed by atoms with van der Waals surface area (Å²) in [6.45, 7) is 2.05. The fraction of sp³-hybridized carbons (Fsp3) is 0.143. The van der Waals surface area contributed by atoms with Crippen molar-refractivity contribution in [1.29, 1.82) is 0 Å². The van der Waals surface area contributed by atoms with E-state index in [-0.39, 0.29) is 11.9 Å². The lowest BCUT2D eigenvalue weighted by molar-refractivity contribution is 0.621. The van der Waals surface area contributed by atoms with Crippen LogP contribution in [0.25, 0.3) is 11.0 Å². The van der Waals surface area contributed by atoms with Crippen molar-refractivity contribution in [2.75, 3.05) is 0 Å². The molecule has 0 saturated heterocycles. The first-order valence-electron chi connectivity index (χ1n) is 6.07. The molecule has 0 bridgehead atoms. The zero-order chi connectivity index (χ0) is 14.3. The van der Waals surface area contributed by atoms with E-state index in [0.29, 0.717) is 14.8 Å². The molecule has 6 heteroatoms. The number of fused-ring (bicyclic) bond motifs is 1. The Balaban J connectivity index is 2.24. The molecule has 3 aromatic rings. The van der Waals surface area contributed by atoms with Crippen LogP contribution in [-0.4, -0.2) is 14.5 Å². The predicted octanol–water partition coefficient (Wildman–Crippen LogP) is 4.60. The first-order chi connectivity index (χ1) is 9.58. The monoisotopic (exact) mass is 351 g/mol. The van der Waals surface area contributed by atoms with Gasteiger partial charge < -0.3 is 9.55 Å². The molecule has 1 unspecified atom stereocenters. The molecule has 1 N–H and O–H groups in total. The van der Waals surface area contributed by atoms with Crippen molar-refractivity contribution in [3.8, 4) is 0 Å². The van der Waals surface area contributed by atoms with Crippen LogP contribution in [0.1, 0.15) is 18.5 Å². The number of halogens is 2. The van der Waals surface area contributed by atoms with Crippen molar-refractivity contribution < 1.29 is 4.39 Å². The number of aromatic nitrogens is 3. The molecule has 20 heavy (non-hydrogen) atoms. The summed E-state index contributed by atoms with van der Waals surface area (Å²) in [7, 11) is 0. The summed E-state index contributed by atoms with van der Waals surface area (Å²) in [5, 5.41) is 0. The first kappa shape index (κ1) is 13.5. The van der Waals surface area contributed by atoms with Gasteiger partial charge in [-0.25, -0.2) is 4.39 Å². The van der Waals surface area contributed by atoms with Crippen LogP contribution < -0.4 is 0 Å². The Morgan fingerprint density at radius 1 is 1.35 bits per heavy atom. The number of rotatable bonds is 2. The lowest BCUT2D eigenvalue weighted by atomic mass is 10.1. The third-order valence-corrected chi connectivity index (χ3v) is 4.24. The van der Waals surface area contributed by atoms with E-state index in [4.69, 9.17) is 12.2 Å². The van der Waals surface area contributed by atoms with Gasteiger partial charge in [0.25, 0.3) is 0 Å². The number of aromatic amines is 1. The van der Waals surface area contributed by atoms with Gasteiger partial charge in [-0.3, -0.25) is 4.98 Å². The summed E-state index contributed by atoms with van der Waals surface area (Å²) in [5.74, 6) is -0.308. The molecule has 0 fully saturated rings. The van der Waals surface area contributed by atoms with Gasteiger partial charge in [0, 0.05) is 18.5 Å². The molecule has 0 aliphatic heterocycles. The SMILES string of the molecule is CC(c1ccncc1)n1c(=S)[nH]c2cc(F)c(Br)cc21. The molecule has 0 aliphatic carbocycles. The van der Waals surface area contributed by atoms with E-state index in [1.807, 2.05) is 16.7 Å². The van der Waals surface area contributed by atoms with E-state index < -0.39 is 0 Å². The molecule has 2 aromatic heterocycles. The number of hydrogen-bond acceptors (Lipinski definition) is 2. The molecule has 0 aliphatic rings. The van der Waals surface area contributed by atoms with Gasteiger partial charge in [0.15, 0.2) is 4.77 Å². The van der Waals surface area contributed by atoms with Gasteiger partial charge in [-0.2, -0.15) is 0 Å². The summed E-state index contributed by atoms with van der Waals surface area (Å²) >= 11 is 8.59. The van der Waals surface area contributed by atoms with Crippen LogP contribution in [0, 0.1) is 10.6 Å². The van der Waals surface area contributed by atoms with Crippen molar-refractivity contribution in [2.24, 2.45) is 0 Å². The van der Waals surface area contributed by atoms with Crippen LogP contribution in [-0.2, 0) is 0 Å². The number of nitrogens with one attached hydrogen (secondary N) is 1. The zero-order valence-corrected chi connectivity index (χ0v) is 13.0. The van der Waals surface area contributed by atoms with E-state index >= 15 is 0 Å². The Kier molecular flexibility index (Phi) is 3.43. The summed E-state index contributed by atoms with van der Waals surface area (Å²) in [6.07, 6.45) is 3.50. The number of imidazole rings is 1. The van der Waals surface area contributed by atoms with Gasteiger partial charge in [-0.05, 0) is 58.8 Å². The standard InChI is InChI=1S/C14H11BrFN3S/c1-8(9-2-4-17-5-3-9)19-13-6-10(15)11(16)7-12(13)18-14(19)20/h2-8H,1H3,(H,18,20). The highest BCUT2D eigenvalue weighted by molar-refractivity contribution is 9.10. The largest absolute Gasteiger partial charge is 0.330 e. The highest BCUT2D eigenvalue weighted by atomic mass is 79.9. The fourth-order valence-corrected chi connectivity index (χ4v) is 2.99. The molecule has 1 atom stereocenters. The van der Waals surface area contributed by atoms with Crippen molar-refractivity contribution in [1.82, 2.24) is 14.5 Å². The topological polar surface area (TPSA) is 33.6 Å². The van der Waals surface area contributed by atoms with Crippen LogP contribution in [0.3, 0.4) is 0 Å². The highest BCUT2D eigenvalue weighted by Gasteiger charge is 2.14. The van der Waals surface area contributed by atoms with Crippen molar-refractivity contribution in [3.05, 3.63) is 57.3 Å². The van der Waals surface area contributed by atoms with E-state index in [2.05, 4.69) is 32.8 Å². The molecule has 0 radical (unpaired) electrons. The second-order valence-corrected chi connectivity index (χ2v) is 5.78. The smallest absolute Gasteiger partial charge is 0.178 e. The Hall–Kier alpha value is -1.53. The molecule has 3 nitrogen and oxygen atoms in total. The van der Waals surface area contributed by atoms with Crippen molar-refractivity contribution in [2.45, 2.75) is 13.0 Å². The van der Waals surface area contributed by atoms with Crippen LogP contribution in [0.2, 0.25) is 0 Å². The Morgan fingerprint density at radius 3 is 2.75 bits per heavy atom. The quantitative estimate of drug-likeness (QED) is 0.684. The fourth-order valence-electron chi connectivity index (χ4n) is 2.30.